The topological polar surface area (TPSA) is 110 Å². The van der Waals surface area contributed by atoms with E-state index in [0.717, 1.165) is 0 Å². The van der Waals surface area contributed by atoms with E-state index in [4.69, 9.17) is 25.5 Å². The molecule has 0 fully saturated rings. The first-order valence-corrected chi connectivity index (χ1v) is 9.60. The minimum absolute atomic E-state index is 0.0385. The predicted molar refractivity (Wildman–Crippen MR) is 113 cm³/mol. The Morgan fingerprint density at radius 2 is 2.00 bits per heavy atom. The van der Waals surface area contributed by atoms with Crippen molar-refractivity contribution in [1.29, 1.82) is 0 Å². The van der Waals surface area contributed by atoms with Gasteiger partial charge in [-0.2, -0.15) is 0 Å². The molecule has 0 spiro atoms. The minimum atomic E-state index is -0.631. The number of nitrogens with zero attached hydrogens (tertiary/aromatic N) is 3. The van der Waals surface area contributed by atoms with Gasteiger partial charge in [0.15, 0.2) is 0 Å². The summed E-state index contributed by atoms with van der Waals surface area (Å²) in [5.41, 5.74) is 1.30. The highest BCUT2D eigenvalue weighted by Crippen LogP contribution is 2.38. The fourth-order valence-corrected chi connectivity index (χ4v) is 3.24. The lowest BCUT2D eigenvalue weighted by Crippen LogP contribution is -2.05. The fourth-order valence-electron chi connectivity index (χ4n) is 3.11. The average molecular weight is 442 g/mol. The molecule has 0 aliphatic rings. The molecule has 9 nitrogen and oxygen atoms in total. The summed E-state index contributed by atoms with van der Waals surface area (Å²) in [4.78, 5) is 27.1. The van der Waals surface area contributed by atoms with Gasteiger partial charge in [0.05, 0.1) is 6.61 Å². The first kappa shape index (κ1) is 20.4. The van der Waals surface area contributed by atoms with Crippen LogP contribution in [0.3, 0.4) is 0 Å². The minimum Gasteiger partial charge on any atom is -0.462 e. The first-order valence-electron chi connectivity index (χ1n) is 9.22. The first-order chi connectivity index (χ1) is 14.9. The highest BCUT2D eigenvalue weighted by atomic mass is 35.5. The van der Waals surface area contributed by atoms with Gasteiger partial charge in [0.1, 0.15) is 22.7 Å². The zero-order valence-corrected chi connectivity index (χ0v) is 17.3. The Hall–Kier alpha value is -3.85. The molecule has 0 aliphatic carbocycles. The van der Waals surface area contributed by atoms with Crippen molar-refractivity contribution in [1.82, 2.24) is 9.55 Å². The number of rotatable bonds is 6. The summed E-state index contributed by atoms with van der Waals surface area (Å²) >= 11 is 5.97. The largest absolute Gasteiger partial charge is 0.462 e. The number of hydrogen-bond acceptors (Lipinski definition) is 7. The van der Waals surface area contributed by atoms with Gasteiger partial charge in [0.25, 0.3) is 0 Å². The fraction of sp³-hybridized carbons (Fsp3) is 0.143. The Bertz CT molecular complexity index is 1290. The van der Waals surface area contributed by atoms with Crippen molar-refractivity contribution in [3.63, 3.8) is 0 Å². The molecule has 0 bridgehead atoms. The van der Waals surface area contributed by atoms with E-state index in [0.29, 0.717) is 27.3 Å². The van der Waals surface area contributed by atoms with Crippen LogP contribution in [-0.2, 0) is 11.8 Å². The molecule has 0 saturated carbocycles. The molecule has 158 valence electrons. The second kappa shape index (κ2) is 8.11. The highest BCUT2D eigenvalue weighted by molar-refractivity contribution is 6.30. The molecule has 4 aromatic rings. The van der Waals surface area contributed by atoms with E-state index in [1.165, 1.54) is 10.9 Å². The van der Waals surface area contributed by atoms with Gasteiger partial charge >= 0.3 is 17.7 Å². The molecule has 0 radical (unpaired) electrons. The van der Waals surface area contributed by atoms with E-state index >= 15 is 0 Å². The summed E-state index contributed by atoms with van der Waals surface area (Å²) < 4.78 is 18.3. The molecule has 10 heteroatoms. The number of halogens is 1. The van der Waals surface area contributed by atoms with E-state index in [1.54, 1.807) is 56.4 Å². The van der Waals surface area contributed by atoms with Crippen molar-refractivity contribution < 1.29 is 23.6 Å². The SMILES string of the molecule is CCOC(=O)c1c(-c2ccc(Cl)cc2)oc2ccc(Oc3c([N+](=O)[O-])ncn3C)cc12. The van der Waals surface area contributed by atoms with Gasteiger partial charge < -0.3 is 24.0 Å². The van der Waals surface area contributed by atoms with Crippen molar-refractivity contribution in [2.45, 2.75) is 6.92 Å². The monoisotopic (exact) mass is 441 g/mol. The van der Waals surface area contributed by atoms with E-state index in [9.17, 15) is 14.9 Å². The van der Waals surface area contributed by atoms with Gasteiger partial charge in [-0.3, -0.25) is 4.57 Å². The van der Waals surface area contributed by atoms with Crippen LogP contribution in [0.25, 0.3) is 22.3 Å². The van der Waals surface area contributed by atoms with Crippen molar-refractivity contribution >= 4 is 34.4 Å². The summed E-state index contributed by atoms with van der Waals surface area (Å²) in [6, 6.07) is 11.6. The van der Waals surface area contributed by atoms with Gasteiger partial charge in [0, 0.05) is 23.0 Å². The summed E-state index contributed by atoms with van der Waals surface area (Å²) in [5, 5.41) is 12.2. The maximum Gasteiger partial charge on any atom is 0.427 e. The molecule has 0 atom stereocenters. The molecule has 0 N–H and O–H groups in total. The Morgan fingerprint density at radius 3 is 2.68 bits per heavy atom. The average Bonchev–Trinajstić information content (AvgIpc) is 3.29. The van der Waals surface area contributed by atoms with Crippen molar-refractivity contribution in [2.24, 2.45) is 7.05 Å². The summed E-state index contributed by atoms with van der Waals surface area (Å²) in [5.74, 6) is -0.414. The lowest BCUT2D eigenvalue weighted by Gasteiger charge is -2.06. The Morgan fingerprint density at radius 1 is 1.26 bits per heavy atom. The number of benzene rings is 2. The third kappa shape index (κ3) is 3.82. The lowest BCUT2D eigenvalue weighted by atomic mass is 10.1. The maximum atomic E-state index is 12.8. The summed E-state index contributed by atoms with van der Waals surface area (Å²) in [7, 11) is 1.58. The molecule has 4 rings (SSSR count). The van der Waals surface area contributed by atoms with Gasteiger partial charge in [0.2, 0.25) is 6.33 Å². The van der Waals surface area contributed by atoms with Crippen molar-refractivity contribution in [3.8, 4) is 23.0 Å². The van der Waals surface area contributed by atoms with Gasteiger partial charge in [-0.05, 0) is 59.3 Å². The maximum absolute atomic E-state index is 12.8. The predicted octanol–water partition coefficient (Wildman–Crippen LogP) is 5.36. The quantitative estimate of drug-likeness (QED) is 0.225. The number of imidazole rings is 1. The van der Waals surface area contributed by atoms with Crippen LogP contribution in [0, 0.1) is 10.1 Å². The number of carbonyl (C=O) groups is 1. The lowest BCUT2D eigenvalue weighted by molar-refractivity contribution is -0.390. The number of fused-ring (bicyclic) bond motifs is 1. The van der Waals surface area contributed by atoms with Crippen LogP contribution in [0.1, 0.15) is 17.3 Å². The summed E-state index contributed by atoms with van der Waals surface area (Å²) in [6.07, 6.45) is 1.28. The van der Waals surface area contributed by atoms with Gasteiger partial charge in [-0.15, -0.1) is 0 Å². The Kier molecular flexibility index (Phi) is 5.35. The van der Waals surface area contributed by atoms with E-state index in [2.05, 4.69) is 4.98 Å². The molecular weight excluding hydrogens is 426 g/mol. The zero-order chi connectivity index (χ0) is 22.1. The number of furan rings is 1. The normalized spacial score (nSPS) is 10.9. The number of esters is 1. The zero-order valence-electron chi connectivity index (χ0n) is 16.5. The number of nitro groups is 1. The van der Waals surface area contributed by atoms with Crippen molar-refractivity contribution in [2.75, 3.05) is 6.61 Å². The molecule has 31 heavy (non-hydrogen) atoms. The van der Waals surface area contributed by atoms with E-state index in [-0.39, 0.29) is 23.8 Å². The number of carbonyl (C=O) groups excluding carboxylic acids is 1. The number of aryl methyl sites for hydroxylation is 1. The summed E-state index contributed by atoms with van der Waals surface area (Å²) in [6.45, 7) is 1.89. The number of aromatic nitrogens is 2. The van der Waals surface area contributed by atoms with Crippen LogP contribution in [0.5, 0.6) is 11.6 Å². The van der Waals surface area contributed by atoms with Crippen LogP contribution in [-0.4, -0.2) is 27.1 Å². The Balaban J connectivity index is 1.84. The van der Waals surface area contributed by atoms with Gasteiger partial charge in [-0.25, -0.2) is 4.79 Å². The van der Waals surface area contributed by atoms with Gasteiger partial charge in [-0.1, -0.05) is 11.6 Å². The molecule has 2 aromatic carbocycles. The van der Waals surface area contributed by atoms with Crippen LogP contribution < -0.4 is 4.74 Å². The third-order valence-corrected chi connectivity index (χ3v) is 4.75. The standard InChI is InChI=1S/C21H16ClN3O6/c1-3-29-21(26)17-15-10-14(30-20-19(25(27)28)23-11-24(20)2)8-9-16(15)31-18(17)12-4-6-13(22)7-5-12/h4-11H,3H2,1-2H3. The smallest absolute Gasteiger partial charge is 0.427 e. The van der Waals surface area contributed by atoms with Crippen LogP contribution in [0.2, 0.25) is 5.02 Å². The van der Waals surface area contributed by atoms with Crippen LogP contribution in [0.15, 0.2) is 53.2 Å². The third-order valence-electron chi connectivity index (χ3n) is 4.50. The van der Waals surface area contributed by atoms with Crippen molar-refractivity contribution in [3.05, 3.63) is 69.5 Å². The van der Waals surface area contributed by atoms with Crippen LogP contribution in [0.4, 0.5) is 5.82 Å². The second-order valence-corrected chi connectivity index (χ2v) is 6.97. The molecule has 0 amide bonds. The molecular formula is C21H16ClN3O6. The molecule has 2 heterocycles. The molecule has 0 unspecified atom stereocenters. The number of hydrogen-bond donors (Lipinski definition) is 0. The molecule has 0 saturated heterocycles. The Labute approximate surface area is 180 Å². The number of ether oxygens (including phenoxy) is 2. The van der Waals surface area contributed by atoms with Crippen LogP contribution >= 0.6 is 11.6 Å². The highest BCUT2D eigenvalue weighted by Gasteiger charge is 2.26. The second-order valence-electron chi connectivity index (χ2n) is 6.53. The molecule has 2 aromatic heterocycles. The molecule has 0 aliphatic heterocycles. The van der Waals surface area contributed by atoms with E-state index in [1.807, 2.05) is 0 Å². The van der Waals surface area contributed by atoms with E-state index < -0.39 is 16.7 Å².